The van der Waals surface area contributed by atoms with Gasteiger partial charge >= 0.3 is 0 Å². The van der Waals surface area contributed by atoms with Crippen molar-refractivity contribution in [1.82, 2.24) is 10.2 Å². The molecule has 23 heavy (non-hydrogen) atoms. The van der Waals surface area contributed by atoms with Gasteiger partial charge in [-0.3, -0.25) is 9.69 Å². The van der Waals surface area contributed by atoms with Crippen molar-refractivity contribution >= 4 is 17.9 Å². The number of nitrogens with zero attached hydrogens (tertiary/aromatic N) is 2. The normalized spacial score (nSPS) is 24.0. The van der Waals surface area contributed by atoms with Crippen LogP contribution in [0, 0.1) is 0 Å². The monoisotopic (exact) mass is 313 g/mol. The minimum absolute atomic E-state index is 0.0700. The SMILES string of the molecule is CN1C(=O)/C(=C/c2ccc3c(c2)OCO3)NC1=NC1CCCC1. The number of ether oxygens (including phenoxy) is 2. The van der Waals surface area contributed by atoms with Gasteiger partial charge in [-0.05, 0) is 36.6 Å². The highest BCUT2D eigenvalue weighted by atomic mass is 16.7. The summed E-state index contributed by atoms with van der Waals surface area (Å²) in [6.45, 7) is 0.244. The maximum Gasteiger partial charge on any atom is 0.276 e. The summed E-state index contributed by atoms with van der Waals surface area (Å²) < 4.78 is 10.7. The van der Waals surface area contributed by atoms with Crippen molar-refractivity contribution in [2.45, 2.75) is 31.7 Å². The Morgan fingerprint density at radius 1 is 1.26 bits per heavy atom. The molecule has 1 saturated carbocycles. The highest BCUT2D eigenvalue weighted by molar-refractivity contribution is 6.15. The maximum absolute atomic E-state index is 12.4. The van der Waals surface area contributed by atoms with Crippen LogP contribution in [-0.2, 0) is 4.79 Å². The van der Waals surface area contributed by atoms with Crippen molar-refractivity contribution in [2.75, 3.05) is 13.8 Å². The number of amides is 1. The Hall–Kier alpha value is -2.50. The molecule has 6 heteroatoms. The van der Waals surface area contributed by atoms with Gasteiger partial charge in [0.1, 0.15) is 5.70 Å². The van der Waals surface area contributed by atoms with Crippen molar-refractivity contribution in [3.8, 4) is 11.5 Å². The number of hydrogen-bond donors (Lipinski definition) is 1. The van der Waals surface area contributed by atoms with Gasteiger partial charge in [-0.25, -0.2) is 4.99 Å². The van der Waals surface area contributed by atoms with E-state index in [1.807, 2.05) is 24.3 Å². The van der Waals surface area contributed by atoms with E-state index in [9.17, 15) is 4.79 Å². The first kappa shape index (κ1) is 14.1. The van der Waals surface area contributed by atoms with Crippen LogP contribution in [-0.4, -0.2) is 36.6 Å². The molecule has 6 nitrogen and oxygen atoms in total. The van der Waals surface area contributed by atoms with Gasteiger partial charge in [0.2, 0.25) is 12.8 Å². The van der Waals surface area contributed by atoms with Crippen LogP contribution in [0.1, 0.15) is 31.2 Å². The largest absolute Gasteiger partial charge is 0.454 e. The zero-order valence-corrected chi connectivity index (χ0v) is 13.0. The molecule has 0 bridgehead atoms. The summed E-state index contributed by atoms with van der Waals surface area (Å²) in [5.74, 6) is 2.02. The van der Waals surface area contributed by atoms with Gasteiger partial charge in [-0.1, -0.05) is 18.9 Å². The van der Waals surface area contributed by atoms with Gasteiger partial charge in [-0.2, -0.15) is 0 Å². The highest BCUT2D eigenvalue weighted by Crippen LogP contribution is 2.33. The summed E-state index contributed by atoms with van der Waals surface area (Å²) in [7, 11) is 1.75. The van der Waals surface area contributed by atoms with Gasteiger partial charge in [-0.15, -0.1) is 0 Å². The average molecular weight is 313 g/mol. The summed E-state index contributed by atoms with van der Waals surface area (Å²) in [6, 6.07) is 5.96. The summed E-state index contributed by atoms with van der Waals surface area (Å²) in [6.07, 6.45) is 6.47. The molecule has 1 aliphatic carbocycles. The fourth-order valence-electron chi connectivity index (χ4n) is 3.13. The van der Waals surface area contributed by atoms with E-state index in [0.29, 0.717) is 23.4 Å². The van der Waals surface area contributed by atoms with Crippen LogP contribution in [0.5, 0.6) is 11.5 Å². The molecule has 0 aromatic heterocycles. The van der Waals surface area contributed by atoms with Gasteiger partial charge in [0, 0.05) is 7.05 Å². The third-order valence-electron chi connectivity index (χ3n) is 4.44. The number of carbonyl (C=O) groups excluding carboxylic acids is 1. The molecule has 0 unspecified atom stereocenters. The van der Waals surface area contributed by atoms with E-state index in [1.54, 1.807) is 11.9 Å². The molecule has 3 aliphatic rings. The lowest BCUT2D eigenvalue weighted by Gasteiger charge is -2.10. The van der Waals surface area contributed by atoms with Gasteiger partial charge < -0.3 is 14.8 Å². The fraction of sp³-hybridized carbons (Fsp3) is 0.412. The Bertz CT molecular complexity index is 705. The topological polar surface area (TPSA) is 63.2 Å². The van der Waals surface area contributed by atoms with Crippen molar-refractivity contribution < 1.29 is 14.3 Å². The van der Waals surface area contributed by atoms with Crippen LogP contribution in [0.2, 0.25) is 0 Å². The molecule has 0 atom stereocenters. The molecule has 1 aromatic carbocycles. The molecule has 1 amide bonds. The number of guanidine groups is 1. The molecule has 1 N–H and O–H groups in total. The van der Waals surface area contributed by atoms with E-state index in [0.717, 1.165) is 24.2 Å². The van der Waals surface area contributed by atoms with E-state index in [4.69, 9.17) is 9.47 Å². The van der Waals surface area contributed by atoms with Gasteiger partial charge in [0.25, 0.3) is 5.91 Å². The number of likely N-dealkylation sites (N-methyl/N-ethyl adjacent to an activating group) is 1. The lowest BCUT2D eigenvalue weighted by molar-refractivity contribution is -0.121. The molecule has 1 saturated heterocycles. The van der Waals surface area contributed by atoms with Crippen LogP contribution in [0.15, 0.2) is 28.9 Å². The fourth-order valence-corrected chi connectivity index (χ4v) is 3.13. The number of aliphatic imine (C=N–C) groups is 1. The van der Waals surface area contributed by atoms with Crippen LogP contribution >= 0.6 is 0 Å². The Morgan fingerprint density at radius 2 is 2.04 bits per heavy atom. The zero-order chi connectivity index (χ0) is 15.8. The smallest absolute Gasteiger partial charge is 0.276 e. The van der Waals surface area contributed by atoms with Gasteiger partial charge in [0.15, 0.2) is 11.5 Å². The predicted molar refractivity (Wildman–Crippen MR) is 86.1 cm³/mol. The average Bonchev–Trinajstić information content (AvgIpc) is 3.26. The van der Waals surface area contributed by atoms with Crippen LogP contribution in [0.4, 0.5) is 0 Å². The first-order valence-corrected chi connectivity index (χ1v) is 7.95. The lowest BCUT2D eigenvalue weighted by atomic mass is 10.1. The summed E-state index contributed by atoms with van der Waals surface area (Å²) >= 11 is 0. The molecule has 2 aliphatic heterocycles. The molecule has 0 radical (unpaired) electrons. The van der Waals surface area contributed by atoms with E-state index >= 15 is 0 Å². The second-order valence-corrected chi connectivity index (χ2v) is 6.05. The van der Waals surface area contributed by atoms with Crippen molar-refractivity contribution in [1.29, 1.82) is 0 Å². The minimum atomic E-state index is -0.0700. The molecule has 2 heterocycles. The second kappa shape index (κ2) is 5.61. The summed E-state index contributed by atoms with van der Waals surface area (Å²) in [5, 5.41) is 3.15. The van der Waals surface area contributed by atoms with Crippen molar-refractivity contribution in [3.63, 3.8) is 0 Å². The zero-order valence-electron chi connectivity index (χ0n) is 13.0. The number of nitrogens with one attached hydrogen (secondary N) is 1. The quantitative estimate of drug-likeness (QED) is 0.850. The Balaban J connectivity index is 1.58. The predicted octanol–water partition coefficient (Wildman–Crippen LogP) is 2.12. The molecular formula is C17H19N3O3. The van der Waals surface area contributed by atoms with E-state index in [1.165, 1.54) is 12.8 Å². The lowest BCUT2D eigenvalue weighted by Crippen LogP contribution is -2.29. The maximum atomic E-state index is 12.4. The van der Waals surface area contributed by atoms with Crippen LogP contribution in [0.3, 0.4) is 0 Å². The first-order valence-electron chi connectivity index (χ1n) is 7.95. The Labute approximate surface area is 134 Å². The standard InChI is InChI=1S/C17H19N3O3/c1-20-16(21)13(19-17(20)18-12-4-2-3-5-12)8-11-6-7-14-15(9-11)23-10-22-14/h6-9,12H,2-5,10H2,1H3,(H,18,19)/b13-8-. The van der Waals surface area contributed by atoms with E-state index in [-0.39, 0.29) is 12.7 Å². The highest BCUT2D eigenvalue weighted by Gasteiger charge is 2.30. The second-order valence-electron chi connectivity index (χ2n) is 6.05. The van der Waals surface area contributed by atoms with Crippen molar-refractivity contribution in [2.24, 2.45) is 4.99 Å². The molecule has 120 valence electrons. The van der Waals surface area contributed by atoms with Gasteiger partial charge in [0.05, 0.1) is 6.04 Å². The van der Waals surface area contributed by atoms with E-state index in [2.05, 4.69) is 10.3 Å². The molecule has 0 spiro atoms. The van der Waals surface area contributed by atoms with Crippen molar-refractivity contribution in [3.05, 3.63) is 29.5 Å². The number of fused-ring (bicyclic) bond motifs is 1. The first-order chi connectivity index (χ1) is 11.2. The summed E-state index contributed by atoms with van der Waals surface area (Å²) in [5.41, 5.74) is 1.42. The molecular weight excluding hydrogens is 294 g/mol. The minimum Gasteiger partial charge on any atom is -0.454 e. The Kier molecular flexibility index (Phi) is 3.44. The number of rotatable bonds is 2. The summed E-state index contributed by atoms with van der Waals surface area (Å²) in [4.78, 5) is 18.6. The number of hydrogen-bond acceptors (Lipinski definition) is 4. The molecule has 4 rings (SSSR count). The van der Waals surface area contributed by atoms with Crippen LogP contribution < -0.4 is 14.8 Å². The number of benzene rings is 1. The molecule has 1 aromatic rings. The van der Waals surface area contributed by atoms with E-state index < -0.39 is 0 Å². The number of carbonyl (C=O) groups is 1. The molecule has 2 fully saturated rings. The Morgan fingerprint density at radius 3 is 2.87 bits per heavy atom. The third-order valence-corrected chi connectivity index (χ3v) is 4.44. The third kappa shape index (κ3) is 2.65. The van der Waals surface area contributed by atoms with Crippen LogP contribution in [0.25, 0.3) is 6.08 Å².